The quantitative estimate of drug-likeness (QED) is 0.684. The molecule has 3 unspecified atom stereocenters. The maximum Gasteiger partial charge on any atom is 0.325 e. The molecule has 3 aliphatic rings. The fourth-order valence-corrected chi connectivity index (χ4v) is 6.36. The zero-order chi connectivity index (χ0) is 24.0. The van der Waals surface area contributed by atoms with Gasteiger partial charge in [0.25, 0.3) is 5.91 Å². The van der Waals surface area contributed by atoms with Crippen LogP contribution < -0.4 is 14.8 Å². The predicted molar refractivity (Wildman–Crippen MR) is 123 cm³/mol. The Bertz CT molecular complexity index is 961. The van der Waals surface area contributed by atoms with Crippen LogP contribution in [0.1, 0.15) is 64.5 Å². The van der Waals surface area contributed by atoms with E-state index in [1.807, 2.05) is 18.2 Å². The van der Waals surface area contributed by atoms with Crippen molar-refractivity contribution in [2.45, 2.75) is 64.5 Å². The number of likely N-dealkylation sites (tertiary alicyclic amines) is 1. The minimum atomic E-state index is -0.904. The first kappa shape index (κ1) is 23.4. The fourth-order valence-electron chi connectivity index (χ4n) is 6.36. The van der Waals surface area contributed by atoms with Crippen molar-refractivity contribution >= 4 is 17.8 Å². The normalized spacial score (nSPS) is 28.9. The third kappa shape index (κ3) is 4.27. The molecule has 1 aliphatic carbocycles. The van der Waals surface area contributed by atoms with E-state index in [9.17, 15) is 14.4 Å². The molecule has 0 aromatic heterocycles. The van der Waals surface area contributed by atoms with Crippen LogP contribution in [-0.4, -0.2) is 60.5 Å². The Balaban J connectivity index is 1.54. The van der Waals surface area contributed by atoms with Gasteiger partial charge in [-0.1, -0.05) is 20.8 Å². The highest BCUT2D eigenvalue weighted by atomic mass is 16.5. The van der Waals surface area contributed by atoms with Gasteiger partial charge >= 0.3 is 6.03 Å². The Morgan fingerprint density at radius 3 is 2.61 bits per heavy atom. The lowest BCUT2D eigenvalue weighted by Crippen LogP contribution is -2.54. The first-order valence-electron chi connectivity index (χ1n) is 11.7. The zero-order valence-electron chi connectivity index (χ0n) is 20.3. The Kier molecular flexibility index (Phi) is 6.05. The van der Waals surface area contributed by atoms with Crippen molar-refractivity contribution in [3.63, 3.8) is 0 Å². The molecule has 1 aromatic carbocycles. The second kappa shape index (κ2) is 8.54. The SMILES string of the molecule is COc1ccc(OC)c(C2CCCN2C(=O)CN2C(=O)NC3(CC(C)CC(C)(C)C3)C2=O)c1. The molecule has 0 bridgehead atoms. The van der Waals surface area contributed by atoms with E-state index < -0.39 is 11.6 Å². The first-order valence-corrected chi connectivity index (χ1v) is 11.7. The number of nitrogens with one attached hydrogen (secondary N) is 1. The van der Waals surface area contributed by atoms with Crippen LogP contribution in [0, 0.1) is 11.3 Å². The van der Waals surface area contributed by atoms with E-state index in [0.717, 1.165) is 29.7 Å². The van der Waals surface area contributed by atoms with Crippen molar-refractivity contribution in [3.05, 3.63) is 23.8 Å². The molecular weight excluding hydrogens is 422 g/mol. The number of rotatable bonds is 5. The summed E-state index contributed by atoms with van der Waals surface area (Å²) in [6.45, 7) is 6.71. The molecule has 4 amide bonds. The van der Waals surface area contributed by atoms with Gasteiger partial charge in [-0.2, -0.15) is 0 Å². The second-order valence-electron chi connectivity index (χ2n) is 10.6. The summed E-state index contributed by atoms with van der Waals surface area (Å²) in [6.07, 6.45) is 3.83. The number of amides is 4. The standard InChI is InChI=1S/C25H35N3O5/c1-16-12-24(2,3)15-25(13-16)22(30)28(23(31)26-25)14-21(29)27-10-6-7-19(27)18-11-17(32-4)8-9-20(18)33-5/h8-9,11,16,19H,6-7,10,12-15H2,1-5H3,(H,26,31). The summed E-state index contributed by atoms with van der Waals surface area (Å²) < 4.78 is 10.9. The summed E-state index contributed by atoms with van der Waals surface area (Å²) in [5.74, 6) is 1.20. The molecule has 2 aliphatic heterocycles. The van der Waals surface area contributed by atoms with E-state index in [0.29, 0.717) is 36.8 Å². The summed E-state index contributed by atoms with van der Waals surface area (Å²) in [4.78, 5) is 42.5. The van der Waals surface area contributed by atoms with Crippen molar-refractivity contribution in [3.8, 4) is 11.5 Å². The average Bonchev–Trinajstić information content (AvgIpc) is 3.31. The summed E-state index contributed by atoms with van der Waals surface area (Å²) >= 11 is 0. The van der Waals surface area contributed by atoms with Gasteiger partial charge in [-0.25, -0.2) is 4.79 Å². The maximum absolute atomic E-state index is 13.4. The van der Waals surface area contributed by atoms with Crippen molar-refractivity contribution < 1.29 is 23.9 Å². The second-order valence-corrected chi connectivity index (χ2v) is 10.6. The number of carbonyl (C=O) groups excluding carboxylic acids is 3. The molecule has 1 aromatic rings. The van der Waals surface area contributed by atoms with E-state index in [1.54, 1.807) is 19.1 Å². The molecule has 3 atom stereocenters. The highest BCUT2D eigenvalue weighted by molar-refractivity contribution is 6.09. The van der Waals surface area contributed by atoms with Crippen LogP contribution in [0.2, 0.25) is 0 Å². The third-order valence-electron chi connectivity index (χ3n) is 7.29. The van der Waals surface area contributed by atoms with Crippen molar-refractivity contribution in [2.75, 3.05) is 27.3 Å². The number of carbonyl (C=O) groups is 3. The number of ether oxygens (including phenoxy) is 2. The number of methoxy groups -OCH3 is 2. The lowest BCUT2D eigenvalue weighted by molar-refractivity contribution is -0.141. The van der Waals surface area contributed by atoms with Crippen molar-refractivity contribution in [1.29, 1.82) is 0 Å². The van der Waals surface area contributed by atoms with Crippen molar-refractivity contribution in [1.82, 2.24) is 15.1 Å². The molecule has 3 fully saturated rings. The van der Waals surface area contributed by atoms with Crippen LogP contribution in [-0.2, 0) is 9.59 Å². The summed E-state index contributed by atoms with van der Waals surface area (Å²) in [5, 5.41) is 2.96. The number of urea groups is 1. The van der Waals surface area contributed by atoms with Gasteiger partial charge in [-0.15, -0.1) is 0 Å². The minimum absolute atomic E-state index is 0.0520. The van der Waals surface area contributed by atoms with Gasteiger partial charge in [0, 0.05) is 12.1 Å². The topological polar surface area (TPSA) is 88.2 Å². The Morgan fingerprint density at radius 1 is 1.18 bits per heavy atom. The molecule has 1 N–H and O–H groups in total. The highest BCUT2D eigenvalue weighted by Gasteiger charge is 2.56. The molecule has 1 spiro atoms. The molecule has 2 heterocycles. The molecule has 8 nitrogen and oxygen atoms in total. The monoisotopic (exact) mass is 457 g/mol. The van der Waals surface area contributed by atoms with Gasteiger partial charge in [0.2, 0.25) is 5.91 Å². The van der Waals surface area contributed by atoms with E-state index in [-0.39, 0.29) is 29.8 Å². The Morgan fingerprint density at radius 2 is 1.94 bits per heavy atom. The highest BCUT2D eigenvalue weighted by Crippen LogP contribution is 2.46. The van der Waals surface area contributed by atoms with Gasteiger partial charge in [0.15, 0.2) is 0 Å². The number of nitrogens with zero attached hydrogens (tertiary/aromatic N) is 2. The van der Waals surface area contributed by atoms with Gasteiger partial charge < -0.3 is 19.7 Å². The van der Waals surface area contributed by atoms with Crippen LogP contribution in [0.3, 0.4) is 0 Å². The van der Waals surface area contributed by atoms with E-state index in [1.165, 1.54) is 0 Å². The third-order valence-corrected chi connectivity index (χ3v) is 7.29. The molecule has 8 heteroatoms. The first-order chi connectivity index (χ1) is 15.6. The summed E-state index contributed by atoms with van der Waals surface area (Å²) in [6, 6.07) is 4.90. The number of hydrogen-bond acceptors (Lipinski definition) is 5. The lowest BCUT2D eigenvalue weighted by atomic mass is 9.64. The van der Waals surface area contributed by atoms with Crippen molar-refractivity contribution in [2.24, 2.45) is 11.3 Å². The molecular formula is C25H35N3O5. The van der Waals surface area contributed by atoms with Crippen LogP contribution >= 0.6 is 0 Å². The van der Waals surface area contributed by atoms with E-state index in [2.05, 4.69) is 26.1 Å². The number of imide groups is 1. The molecule has 1 saturated carbocycles. The summed E-state index contributed by atoms with van der Waals surface area (Å²) in [7, 11) is 3.20. The van der Waals surface area contributed by atoms with Crippen LogP contribution in [0.15, 0.2) is 18.2 Å². The van der Waals surface area contributed by atoms with Gasteiger partial charge in [-0.05, 0) is 61.6 Å². The minimum Gasteiger partial charge on any atom is -0.497 e. The van der Waals surface area contributed by atoms with Crippen LogP contribution in [0.5, 0.6) is 11.5 Å². The predicted octanol–water partition coefficient (Wildman–Crippen LogP) is 3.50. The number of benzene rings is 1. The average molecular weight is 458 g/mol. The van der Waals surface area contributed by atoms with E-state index >= 15 is 0 Å². The smallest absolute Gasteiger partial charge is 0.325 e. The molecule has 33 heavy (non-hydrogen) atoms. The lowest BCUT2D eigenvalue weighted by Gasteiger charge is -2.43. The van der Waals surface area contributed by atoms with Gasteiger partial charge in [0.05, 0.1) is 20.3 Å². The van der Waals surface area contributed by atoms with Crippen LogP contribution in [0.25, 0.3) is 0 Å². The fraction of sp³-hybridized carbons (Fsp3) is 0.640. The largest absolute Gasteiger partial charge is 0.497 e. The summed E-state index contributed by atoms with van der Waals surface area (Å²) in [5.41, 5.74) is -0.0815. The van der Waals surface area contributed by atoms with E-state index in [4.69, 9.17) is 9.47 Å². The molecule has 180 valence electrons. The number of hydrogen-bond donors (Lipinski definition) is 1. The maximum atomic E-state index is 13.4. The van der Waals surface area contributed by atoms with Gasteiger partial charge in [-0.3, -0.25) is 14.5 Å². The van der Waals surface area contributed by atoms with Gasteiger partial charge in [0.1, 0.15) is 23.6 Å². The Labute approximate surface area is 195 Å². The molecule has 4 rings (SSSR count). The van der Waals surface area contributed by atoms with Crippen LogP contribution in [0.4, 0.5) is 4.79 Å². The molecule has 0 radical (unpaired) electrons. The molecule has 2 saturated heterocycles. The Hall–Kier alpha value is -2.77. The zero-order valence-corrected chi connectivity index (χ0v) is 20.3.